The van der Waals surface area contributed by atoms with Gasteiger partial charge in [-0.05, 0) is 12.5 Å². The summed E-state index contributed by atoms with van der Waals surface area (Å²) in [4.78, 5) is 0. The van der Waals surface area contributed by atoms with Crippen LogP contribution in [0, 0.1) is 0 Å². The Morgan fingerprint density at radius 2 is 2.06 bits per heavy atom. The molecule has 0 saturated heterocycles. The molecule has 1 heterocycles. The fourth-order valence-corrected chi connectivity index (χ4v) is 2.11. The largest absolute Gasteiger partial charge is 0.461 e. The number of hydrogen-bond acceptors (Lipinski definition) is 4. The van der Waals surface area contributed by atoms with Crippen LogP contribution < -0.4 is 4.74 Å². The first-order valence-corrected chi connectivity index (χ1v) is 6.24. The van der Waals surface area contributed by atoms with Crippen molar-refractivity contribution in [1.29, 1.82) is 0 Å². The molecule has 84 valence electrons. The Kier molecular flexibility index (Phi) is 3.74. The van der Waals surface area contributed by atoms with E-state index in [1.54, 1.807) is 0 Å². The fraction of sp³-hybridized carbons (Fsp3) is 0.273. The summed E-state index contributed by atoms with van der Waals surface area (Å²) < 4.78 is 5.67. The first-order valence-electron chi connectivity index (χ1n) is 4.89. The van der Waals surface area contributed by atoms with Crippen molar-refractivity contribution < 1.29 is 4.74 Å². The van der Waals surface area contributed by atoms with Crippen LogP contribution in [-0.4, -0.2) is 10.2 Å². The van der Waals surface area contributed by atoms with E-state index in [1.165, 1.54) is 11.3 Å². The van der Waals surface area contributed by atoms with Crippen LogP contribution in [0.4, 0.5) is 0 Å². The van der Waals surface area contributed by atoms with Crippen molar-refractivity contribution in [2.45, 2.75) is 18.9 Å². The number of halogens is 1. The Hall–Kier alpha value is -1.13. The average molecular weight is 255 g/mol. The lowest BCUT2D eigenvalue weighted by Crippen LogP contribution is -2.02. The minimum absolute atomic E-state index is 0.0303. The Labute approximate surface area is 103 Å². The molecule has 2 aromatic rings. The third-order valence-corrected chi connectivity index (χ3v) is 3.33. The molecular weight excluding hydrogens is 244 g/mol. The number of alkyl halides is 1. The van der Waals surface area contributed by atoms with Gasteiger partial charge in [0.2, 0.25) is 0 Å². The number of nitrogens with zero attached hydrogens (tertiary/aromatic N) is 2. The van der Waals surface area contributed by atoms with Gasteiger partial charge in [-0.1, -0.05) is 46.8 Å². The summed E-state index contributed by atoms with van der Waals surface area (Å²) in [6.07, 6.45) is -0.0303. The maximum Gasteiger partial charge on any atom is 0.294 e. The van der Waals surface area contributed by atoms with Crippen molar-refractivity contribution >= 4 is 22.9 Å². The monoisotopic (exact) mass is 254 g/mol. The van der Waals surface area contributed by atoms with Crippen LogP contribution >= 0.6 is 22.9 Å². The molecule has 0 aliphatic rings. The van der Waals surface area contributed by atoms with E-state index < -0.39 is 0 Å². The Morgan fingerprint density at radius 1 is 1.31 bits per heavy atom. The van der Waals surface area contributed by atoms with Gasteiger partial charge in [0.15, 0.2) is 0 Å². The van der Waals surface area contributed by atoms with Gasteiger partial charge in [-0.2, -0.15) is 0 Å². The summed E-state index contributed by atoms with van der Waals surface area (Å²) in [5.41, 5.74) is 1.12. The van der Waals surface area contributed by atoms with E-state index >= 15 is 0 Å². The number of ether oxygens (including phenoxy) is 1. The van der Waals surface area contributed by atoms with Gasteiger partial charge in [0.1, 0.15) is 11.1 Å². The van der Waals surface area contributed by atoms with Crippen LogP contribution in [0.25, 0.3) is 0 Å². The van der Waals surface area contributed by atoms with E-state index in [-0.39, 0.29) is 6.10 Å². The summed E-state index contributed by atoms with van der Waals surface area (Å²) in [6.45, 7) is 1.98. The molecule has 0 saturated carbocycles. The van der Waals surface area contributed by atoms with E-state index in [1.807, 2.05) is 37.3 Å². The third-order valence-electron chi connectivity index (χ3n) is 2.11. The van der Waals surface area contributed by atoms with Gasteiger partial charge in [-0.25, -0.2) is 0 Å². The van der Waals surface area contributed by atoms with E-state index in [0.29, 0.717) is 11.1 Å². The highest BCUT2D eigenvalue weighted by Gasteiger charge is 2.10. The zero-order valence-corrected chi connectivity index (χ0v) is 10.3. The van der Waals surface area contributed by atoms with Crippen LogP contribution in [0.1, 0.15) is 23.6 Å². The molecule has 3 nitrogen and oxygen atoms in total. The zero-order valence-electron chi connectivity index (χ0n) is 8.76. The predicted molar refractivity (Wildman–Crippen MR) is 65.0 cm³/mol. The molecule has 5 heteroatoms. The summed E-state index contributed by atoms with van der Waals surface area (Å²) in [7, 11) is 0. The van der Waals surface area contributed by atoms with Gasteiger partial charge in [-0.15, -0.1) is 16.7 Å². The molecule has 2 rings (SSSR count). The smallest absolute Gasteiger partial charge is 0.294 e. The van der Waals surface area contributed by atoms with Gasteiger partial charge >= 0.3 is 0 Å². The molecule has 0 spiro atoms. The van der Waals surface area contributed by atoms with Gasteiger partial charge in [0.25, 0.3) is 5.19 Å². The van der Waals surface area contributed by atoms with E-state index in [9.17, 15) is 0 Å². The Balaban J connectivity index is 2.05. The molecular formula is C11H11ClN2OS. The Bertz CT molecular complexity index is 446. The molecule has 0 N–H and O–H groups in total. The highest BCUT2D eigenvalue weighted by Crippen LogP contribution is 2.25. The van der Waals surface area contributed by atoms with Crippen LogP contribution in [0.3, 0.4) is 0 Å². The maximum absolute atomic E-state index is 5.67. The van der Waals surface area contributed by atoms with Crippen molar-refractivity contribution in [1.82, 2.24) is 10.2 Å². The summed E-state index contributed by atoms with van der Waals surface area (Å²) in [5.74, 6) is 0.376. The molecule has 1 aromatic carbocycles. The van der Waals surface area contributed by atoms with E-state index in [0.717, 1.165) is 10.6 Å². The zero-order chi connectivity index (χ0) is 11.4. The van der Waals surface area contributed by atoms with Crippen LogP contribution in [0.15, 0.2) is 30.3 Å². The molecule has 0 bridgehead atoms. The molecule has 16 heavy (non-hydrogen) atoms. The minimum Gasteiger partial charge on any atom is -0.461 e. The lowest BCUT2D eigenvalue weighted by atomic mass is 10.1. The molecule has 1 atom stereocenters. The first kappa shape index (κ1) is 11.4. The normalized spacial score (nSPS) is 12.4. The lowest BCUT2D eigenvalue weighted by molar-refractivity contribution is 0.224. The van der Waals surface area contributed by atoms with Crippen molar-refractivity contribution in [3.63, 3.8) is 0 Å². The van der Waals surface area contributed by atoms with Crippen molar-refractivity contribution in [2.75, 3.05) is 0 Å². The van der Waals surface area contributed by atoms with E-state index in [4.69, 9.17) is 16.3 Å². The lowest BCUT2D eigenvalue weighted by Gasteiger charge is -2.11. The molecule has 0 aliphatic heterocycles. The van der Waals surface area contributed by atoms with Gasteiger partial charge in [0, 0.05) is 0 Å². The quantitative estimate of drug-likeness (QED) is 0.785. The van der Waals surface area contributed by atoms with Crippen molar-refractivity contribution in [3.8, 4) is 5.19 Å². The number of rotatable bonds is 4. The minimum atomic E-state index is -0.0303. The van der Waals surface area contributed by atoms with Gasteiger partial charge in [-0.3, -0.25) is 0 Å². The predicted octanol–water partition coefficient (Wildman–Crippen LogP) is 3.42. The Morgan fingerprint density at radius 3 is 2.69 bits per heavy atom. The van der Waals surface area contributed by atoms with Crippen LogP contribution in [0.5, 0.6) is 5.19 Å². The standard InChI is InChI=1S/C11H11ClN2OS/c1-8(9-5-3-2-4-6-9)15-11-14-13-10(7-12)16-11/h2-6,8H,7H2,1H3. The SMILES string of the molecule is CC(Oc1nnc(CCl)s1)c1ccccc1. The number of benzene rings is 1. The summed E-state index contributed by atoms with van der Waals surface area (Å²) >= 11 is 7.03. The molecule has 0 aliphatic carbocycles. The molecule has 0 amide bonds. The summed E-state index contributed by atoms with van der Waals surface area (Å²) in [6, 6.07) is 9.99. The third kappa shape index (κ3) is 2.71. The molecule has 1 unspecified atom stereocenters. The average Bonchev–Trinajstić information content (AvgIpc) is 2.78. The topological polar surface area (TPSA) is 35.0 Å². The molecule has 0 fully saturated rings. The highest BCUT2D eigenvalue weighted by molar-refractivity contribution is 7.13. The van der Waals surface area contributed by atoms with Crippen molar-refractivity contribution in [2.24, 2.45) is 0 Å². The van der Waals surface area contributed by atoms with Gasteiger partial charge < -0.3 is 4.74 Å². The summed E-state index contributed by atoms with van der Waals surface area (Å²) in [5, 5.41) is 9.14. The van der Waals surface area contributed by atoms with E-state index in [2.05, 4.69) is 10.2 Å². The second-order valence-electron chi connectivity index (χ2n) is 3.27. The van der Waals surface area contributed by atoms with Crippen LogP contribution in [-0.2, 0) is 5.88 Å². The highest BCUT2D eigenvalue weighted by atomic mass is 35.5. The van der Waals surface area contributed by atoms with Crippen molar-refractivity contribution in [3.05, 3.63) is 40.9 Å². The second-order valence-corrected chi connectivity index (χ2v) is 4.56. The number of aromatic nitrogens is 2. The fourth-order valence-electron chi connectivity index (χ4n) is 1.28. The molecule has 0 radical (unpaired) electrons. The first-order chi connectivity index (χ1) is 7.79. The molecule has 1 aromatic heterocycles. The van der Waals surface area contributed by atoms with Crippen LogP contribution in [0.2, 0.25) is 0 Å². The number of hydrogen-bond donors (Lipinski definition) is 0. The van der Waals surface area contributed by atoms with Gasteiger partial charge in [0.05, 0.1) is 5.88 Å². The maximum atomic E-state index is 5.67. The second kappa shape index (κ2) is 5.27.